The van der Waals surface area contributed by atoms with Gasteiger partial charge in [0.05, 0.1) is 6.26 Å². The molecule has 7 rings (SSSR count). The SMILES string of the molecule is CC(C)c1c[nH]c(C(C)C)c1.CC(C)c1ccc(C(C)C)[nH]1.CC(C)c1ccc(C(C)C)o1.CC(C)c1ccc(C(C)C)s1.CC(C)c1ccn(C(C)C)c1.CC(C)c1coc(C(C)C)c1.CC(C)c1csc(C(C)C)c1. The number of nitrogens with zero attached hydrogens (tertiary/aromatic N) is 1. The first-order valence-electron chi connectivity index (χ1n) is 29.7. The van der Waals surface area contributed by atoms with Gasteiger partial charge in [-0.2, -0.15) is 0 Å². The first kappa shape index (κ1) is 70.8. The maximum Gasteiger partial charge on any atom is 0.106 e. The van der Waals surface area contributed by atoms with Gasteiger partial charge in [0.1, 0.15) is 17.3 Å². The average Bonchev–Trinajstić information content (AvgIpc) is 4.20. The molecule has 0 radical (unpaired) electrons. The summed E-state index contributed by atoms with van der Waals surface area (Å²) in [7, 11) is 0. The van der Waals surface area contributed by atoms with Crippen LogP contribution in [-0.4, -0.2) is 14.5 Å². The number of rotatable bonds is 14. The third-order valence-corrected chi connectivity index (χ3v) is 16.3. The van der Waals surface area contributed by atoms with Crippen molar-refractivity contribution in [2.75, 3.05) is 0 Å². The summed E-state index contributed by atoms with van der Waals surface area (Å²) in [5, 5.41) is 2.28. The minimum Gasteiger partial charge on any atom is -0.469 e. The molecule has 0 atom stereocenters. The van der Waals surface area contributed by atoms with E-state index in [1.807, 2.05) is 28.9 Å². The second kappa shape index (κ2) is 35.4. The van der Waals surface area contributed by atoms with Gasteiger partial charge in [0.2, 0.25) is 0 Å². The van der Waals surface area contributed by atoms with Crippen LogP contribution in [0, 0.1) is 0 Å². The Balaban J connectivity index is 0.000000449. The highest BCUT2D eigenvalue weighted by Gasteiger charge is 2.11. The van der Waals surface area contributed by atoms with Gasteiger partial charge < -0.3 is 23.4 Å². The van der Waals surface area contributed by atoms with Crippen molar-refractivity contribution in [3.8, 4) is 0 Å². The van der Waals surface area contributed by atoms with Gasteiger partial charge in [0, 0.05) is 74.1 Å². The van der Waals surface area contributed by atoms with Crippen molar-refractivity contribution in [1.82, 2.24) is 14.5 Å². The highest BCUT2D eigenvalue weighted by molar-refractivity contribution is 7.12. The number of hydrogen-bond donors (Lipinski definition) is 2. The first-order chi connectivity index (χ1) is 35.8. The molecule has 0 fully saturated rings. The molecule has 77 heavy (non-hydrogen) atoms. The van der Waals surface area contributed by atoms with Gasteiger partial charge in [0.15, 0.2) is 0 Å². The molecule has 0 unspecified atom stereocenters. The average molecular weight is 1090 g/mol. The molecule has 0 saturated carbocycles. The summed E-state index contributed by atoms with van der Waals surface area (Å²) < 4.78 is 13.2. The highest BCUT2D eigenvalue weighted by Crippen LogP contribution is 2.30. The van der Waals surface area contributed by atoms with Crippen molar-refractivity contribution >= 4 is 22.7 Å². The standard InChI is InChI=1S/3C10H17N.2C10H16O.2C10H16S/c1-7(2)9-5-10(8(3)4)11-6-9;1-8(2)10-5-6-11(7-10)9(3)4;1-7(2)9-5-6-10(11-9)8(3)4;1-7(2)9-5-10(8(3)4)11-6-9;1-7(2)9-5-6-10(11-9)8(3)4;1-7(2)9-5-10(8(3)4)11-6-9;1-7(2)9-5-6-10(11-9)8(3)4/h5-8,11H,1-4H3;5-9H,1-4H3;5-8,11H,1-4H3;4*5-8H,1-4H3. The molecule has 0 amide bonds. The van der Waals surface area contributed by atoms with Crippen LogP contribution in [0.5, 0.6) is 0 Å². The molecule has 0 aliphatic heterocycles. The summed E-state index contributed by atoms with van der Waals surface area (Å²) in [5.41, 5.74) is 9.65. The molecule has 434 valence electrons. The Labute approximate surface area is 482 Å². The van der Waals surface area contributed by atoms with E-state index in [1.54, 1.807) is 0 Å². The number of aromatic amines is 2. The van der Waals surface area contributed by atoms with Crippen molar-refractivity contribution in [3.63, 3.8) is 0 Å². The fourth-order valence-electron chi connectivity index (χ4n) is 7.22. The maximum absolute atomic E-state index is 5.61. The number of H-pyrrole nitrogens is 2. The summed E-state index contributed by atoms with van der Waals surface area (Å²) in [4.78, 5) is 11.2. The minimum absolute atomic E-state index is 0.502. The molecule has 0 spiro atoms. The smallest absolute Gasteiger partial charge is 0.106 e. The van der Waals surface area contributed by atoms with Gasteiger partial charge in [-0.05, 0) is 161 Å². The zero-order valence-electron chi connectivity index (χ0n) is 54.3. The molecule has 7 aromatic rings. The van der Waals surface area contributed by atoms with Crippen LogP contribution in [0.4, 0.5) is 0 Å². The van der Waals surface area contributed by atoms with E-state index in [9.17, 15) is 0 Å². The Morgan fingerprint density at radius 1 is 0.377 bits per heavy atom. The lowest BCUT2D eigenvalue weighted by Gasteiger charge is -2.06. The van der Waals surface area contributed by atoms with Gasteiger partial charge in [-0.15, -0.1) is 22.7 Å². The second-order valence-corrected chi connectivity index (χ2v) is 27.4. The Morgan fingerprint density at radius 2 is 0.818 bits per heavy atom. The molecule has 0 bridgehead atoms. The highest BCUT2D eigenvalue weighted by atomic mass is 32.1. The van der Waals surface area contributed by atoms with Crippen LogP contribution >= 0.6 is 22.7 Å². The minimum atomic E-state index is 0.502. The fourth-order valence-corrected chi connectivity index (χ4v) is 9.32. The van der Waals surface area contributed by atoms with Crippen molar-refractivity contribution in [1.29, 1.82) is 0 Å². The third-order valence-electron chi connectivity index (χ3n) is 13.3. The van der Waals surface area contributed by atoms with Crippen molar-refractivity contribution in [3.05, 3.63) is 162 Å². The molecule has 5 nitrogen and oxygen atoms in total. The monoisotopic (exact) mass is 1090 g/mol. The molecule has 7 heterocycles. The van der Waals surface area contributed by atoms with E-state index in [-0.39, 0.29) is 0 Å². The van der Waals surface area contributed by atoms with Crippen LogP contribution in [0.25, 0.3) is 0 Å². The summed E-state index contributed by atoms with van der Waals surface area (Å²) in [6, 6.07) is 22.5. The Morgan fingerprint density at radius 3 is 1.05 bits per heavy atom. The van der Waals surface area contributed by atoms with E-state index in [0.29, 0.717) is 83.0 Å². The molecule has 0 aromatic carbocycles. The van der Waals surface area contributed by atoms with Gasteiger partial charge >= 0.3 is 0 Å². The largest absolute Gasteiger partial charge is 0.469 e. The molecule has 0 aliphatic rings. The predicted molar refractivity (Wildman–Crippen MR) is 346 cm³/mol. The lowest BCUT2D eigenvalue weighted by molar-refractivity contribution is 0.432. The Hall–Kier alpha value is -4.20. The van der Waals surface area contributed by atoms with E-state index in [4.69, 9.17) is 8.83 Å². The van der Waals surface area contributed by atoms with Crippen LogP contribution in [0.15, 0.2) is 99.7 Å². The van der Waals surface area contributed by atoms with Crippen LogP contribution in [0.3, 0.4) is 0 Å². The van der Waals surface area contributed by atoms with E-state index < -0.39 is 0 Å². The molecule has 0 saturated heterocycles. The van der Waals surface area contributed by atoms with Crippen LogP contribution in [0.2, 0.25) is 0 Å². The Bertz CT molecular complexity index is 1890. The molecule has 2 N–H and O–H groups in total. The van der Waals surface area contributed by atoms with E-state index in [2.05, 4.69) is 293 Å². The van der Waals surface area contributed by atoms with Crippen molar-refractivity contribution < 1.29 is 8.83 Å². The topological polar surface area (TPSA) is 62.8 Å². The van der Waals surface area contributed by atoms with Crippen LogP contribution < -0.4 is 0 Å². The normalized spacial score (nSPS) is 11.5. The van der Waals surface area contributed by atoms with E-state index >= 15 is 0 Å². The lowest BCUT2D eigenvalue weighted by atomic mass is 10.1. The molecular formula is C70H115N3O2S2. The quantitative estimate of drug-likeness (QED) is 0.114. The predicted octanol–water partition coefficient (Wildman–Crippen LogP) is 24.8. The second-order valence-electron chi connectivity index (χ2n) is 25.3. The lowest BCUT2D eigenvalue weighted by Crippen LogP contribution is -1.96. The molecular weight excluding hydrogens is 979 g/mol. The summed E-state index contributed by atoms with van der Waals surface area (Å²) >= 11 is 3.84. The van der Waals surface area contributed by atoms with Gasteiger partial charge in [-0.3, -0.25) is 0 Å². The number of hydrogen-bond acceptors (Lipinski definition) is 4. The summed E-state index contributed by atoms with van der Waals surface area (Å²) in [6.07, 6.45) is 8.36. The van der Waals surface area contributed by atoms with Crippen LogP contribution in [-0.2, 0) is 0 Å². The fraction of sp³-hybridized carbons (Fsp3) is 0.600. The number of thiophene rings is 2. The van der Waals surface area contributed by atoms with Crippen molar-refractivity contribution in [2.24, 2.45) is 0 Å². The first-order valence-corrected chi connectivity index (χ1v) is 31.4. The van der Waals surface area contributed by atoms with Crippen molar-refractivity contribution in [2.45, 2.75) is 277 Å². The van der Waals surface area contributed by atoms with Gasteiger partial charge in [0.25, 0.3) is 0 Å². The molecule has 7 heteroatoms. The summed E-state index contributed by atoms with van der Waals surface area (Å²) in [6.45, 7) is 61.7. The van der Waals surface area contributed by atoms with E-state index in [1.165, 1.54) is 54.0 Å². The zero-order chi connectivity index (χ0) is 59.0. The molecule has 0 aliphatic carbocycles. The van der Waals surface area contributed by atoms with Crippen LogP contribution in [0.1, 0.15) is 348 Å². The summed E-state index contributed by atoms with van der Waals surface area (Å²) in [5.74, 6) is 11.2. The third kappa shape index (κ3) is 26.5. The number of furan rings is 2. The van der Waals surface area contributed by atoms with Gasteiger partial charge in [-0.1, -0.05) is 180 Å². The zero-order valence-corrected chi connectivity index (χ0v) is 56.0. The Kier molecular flexibility index (Phi) is 32.6. The number of nitrogens with one attached hydrogen (secondary N) is 2. The van der Waals surface area contributed by atoms with Gasteiger partial charge in [-0.25, -0.2) is 0 Å². The van der Waals surface area contributed by atoms with E-state index in [0.717, 1.165) is 17.3 Å². The maximum atomic E-state index is 5.61. The number of aromatic nitrogens is 3. The molecule has 7 aromatic heterocycles.